The molecule has 2 fully saturated rings. The van der Waals surface area contributed by atoms with E-state index in [1.807, 2.05) is 13.0 Å². The van der Waals surface area contributed by atoms with Crippen molar-refractivity contribution >= 4 is 35.6 Å². The molecule has 8 atom stereocenters. The van der Waals surface area contributed by atoms with Crippen LogP contribution in [0, 0.1) is 38.7 Å². The van der Waals surface area contributed by atoms with E-state index in [-0.39, 0.29) is 43.0 Å². The van der Waals surface area contributed by atoms with Gasteiger partial charge in [0, 0.05) is 41.6 Å². The van der Waals surface area contributed by atoms with Crippen molar-refractivity contribution in [2.75, 3.05) is 20.3 Å². The van der Waals surface area contributed by atoms with E-state index in [9.17, 15) is 39.2 Å². The number of halogens is 1. The summed E-state index contributed by atoms with van der Waals surface area (Å²) in [5, 5.41) is 21.0. The molecule has 4 aliphatic carbocycles. The van der Waals surface area contributed by atoms with Gasteiger partial charge in [-0.05, 0) is 68.4 Å². The first-order valence-electron chi connectivity index (χ1n) is 18.0. The van der Waals surface area contributed by atoms with Gasteiger partial charge in [-0.3, -0.25) is 14.4 Å². The summed E-state index contributed by atoms with van der Waals surface area (Å²) in [6.07, 6.45) is 7.25. The van der Waals surface area contributed by atoms with E-state index in [0.29, 0.717) is 30.4 Å². The largest absolute Gasteiger partial charge is 0.493 e. The van der Waals surface area contributed by atoms with Crippen LogP contribution in [0.25, 0.3) is 6.08 Å². The number of benzene rings is 1. The fourth-order valence-corrected chi connectivity index (χ4v) is 9.44. The van der Waals surface area contributed by atoms with Crippen LogP contribution in [0.4, 0.5) is 4.39 Å². The average molecular weight is 756 g/mol. The molecule has 292 valence electrons. The summed E-state index contributed by atoms with van der Waals surface area (Å²) in [5.41, 5.74) is -5.46. The molecule has 0 radical (unpaired) electrons. The first-order valence-corrected chi connectivity index (χ1v) is 18.0. The number of allylic oxidation sites excluding steroid dienone is 4. The van der Waals surface area contributed by atoms with Gasteiger partial charge in [-0.15, -0.1) is 10.1 Å². The zero-order valence-corrected chi connectivity index (χ0v) is 31.0. The number of aliphatic hydroxyl groups excluding tert-OH is 1. The van der Waals surface area contributed by atoms with E-state index in [1.165, 1.54) is 37.5 Å². The Balaban J connectivity index is 1.37. The minimum absolute atomic E-state index is 0.0393. The lowest BCUT2D eigenvalue weighted by Gasteiger charge is -2.62. The first-order chi connectivity index (χ1) is 25.5. The Bertz CT molecular complexity index is 1810. The maximum Gasteiger partial charge on any atom is 0.337 e. The average Bonchev–Trinajstić information content (AvgIpc) is 3.34. The molecule has 2 saturated carbocycles. The van der Waals surface area contributed by atoms with Gasteiger partial charge in [0.25, 0.3) is 5.09 Å². The third-order valence-electron chi connectivity index (χ3n) is 12.0. The predicted molar refractivity (Wildman–Crippen MR) is 188 cm³/mol. The highest BCUT2D eigenvalue weighted by atomic mass is 19.1. The Kier molecular flexibility index (Phi) is 11.5. The Morgan fingerprint density at radius 2 is 1.85 bits per heavy atom. The van der Waals surface area contributed by atoms with E-state index < -0.39 is 87.9 Å². The second-order valence-electron chi connectivity index (χ2n) is 15.0. The minimum Gasteiger partial charge on any atom is -0.493 e. The highest BCUT2D eigenvalue weighted by Crippen LogP contribution is 2.71. The van der Waals surface area contributed by atoms with Crippen LogP contribution in [0.3, 0.4) is 0 Å². The number of Topliss-reactive ketones (excluding diaryl/α,β-unsaturated/α-hetero) is 1. The summed E-state index contributed by atoms with van der Waals surface area (Å²) in [6.45, 7) is 5.42. The fourth-order valence-electron chi connectivity index (χ4n) is 9.44. The molecule has 54 heavy (non-hydrogen) atoms. The predicted octanol–water partition coefficient (Wildman–Crippen LogP) is 5.02. The molecule has 0 aliphatic heterocycles. The molecule has 15 heteroatoms. The minimum atomic E-state index is -2.16. The number of ether oxygens (including phenoxy) is 4. The van der Waals surface area contributed by atoms with E-state index >= 15 is 4.39 Å². The van der Waals surface area contributed by atoms with Crippen LogP contribution in [-0.2, 0) is 38.3 Å². The first kappa shape index (κ1) is 40.3. The molecule has 1 aromatic rings. The Labute approximate surface area is 311 Å². The topological polar surface area (TPSA) is 195 Å². The second-order valence-corrected chi connectivity index (χ2v) is 15.0. The van der Waals surface area contributed by atoms with Gasteiger partial charge < -0.3 is 28.9 Å². The molecule has 4 aliphatic rings. The molecule has 0 amide bonds. The maximum absolute atomic E-state index is 17.8. The van der Waals surface area contributed by atoms with Gasteiger partial charge in [0.2, 0.25) is 5.78 Å². The lowest BCUT2D eigenvalue weighted by molar-refractivity contribution is -0.754. The highest BCUT2D eigenvalue weighted by Gasteiger charge is 2.77. The van der Waals surface area contributed by atoms with Gasteiger partial charge in [-0.25, -0.2) is 14.0 Å². The van der Waals surface area contributed by atoms with E-state index in [1.54, 1.807) is 26.8 Å². The molecule has 0 saturated heterocycles. The van der Waals surface area contributed by atoms with E-state index in [4.69, 9.17) is 18.9 Å². The number of nitrogens with zero attached hydrogens (tertiary/aromatic N) is 1. The molecule has 5 rings (SSSR count). The van der Waals surface area contributed by atoms with Gasteiger partial charge >= 0.3 is 17.9 Å². The number of ketones is 2. The van der Waals surface area contributed by atoms with Crippen LogP contribution in [-0.4, -0.2) is 77.4 Å². The highest BCUT2D eigenvalue weighted by molar-refractivity contribution is 5.96. The number of alkyl halides is 1. The Morgan fingerprint density at radius 3 is 2.54 bits per heavy atom. The van der Waals surface area contributed by atoms with Gasteiger partial charge in [-0.1, -0.05) is 51.0 Å². The third kappa shape index (κ3) is 6.93. The van der Waals surface area contributed by atoms with Crippen LogP contribution in [0.5, 0.6) is 11.5 Å². The molecule has 0 bridgehead atoms. The molecule has 0 spiro atoms. The Hall–Kier alpha value is -4.92. The van der Waals surface area contributed by atoms with E-state index in [0.717, 1.165) is 6.08 Å². The number of fused-ring (bicyclic) bond motifs is 5. The molecule has 1 aromatic carbocycles. The van der Waals surface area contributed by atoms with E-state index in [2.05, 4.69) is 4.84 Å². The van der Waals surface area contributed by atoms with Crippen molar-refractivity contribution < 1.29 is 62.3 Å². The van der Waals surface area contributed by atoms with Crippen LogP contribution >= 0.6 is 0 Å². The lowest BCUT2D eigenvalue weighted by Crippen LogP contribution is -2.69. The fraction of sp³-hybridized carbons (Fsp3) is 0.564. The molecule has 1 N–H and O–H groups in total. The number of unbranched alkanes of at least 4 members (excludes halogenated alkanes) is 1. The molecule has 0 heterocycles. The van der Waals surface area contributed by atoms with Crippen molar-refractivity contribution in [3.05, 3.63) is 63.8 Å². The van der Waals surface area contributed by atoms with Crippen LogP contribution in [0.15, 0.2) is 48.1 Å². The quantitative estimate of drug-likeness (QED) is 0.0665. The maximum atomic E-state index is 17.8. The zero-order chi connectivity index (χ0) is 39.6. The van der Waals surface area contributed by atoms with Crippen molar-refractivity contribution in [1.82, 2.24) is 0 Å². The zero-order valence-electron chi connectivity index (χ0n) is 31.0. The van der Waals surface area contributed by atoms with Crippen LogP contribution < -0.4 is 9.47 Å². The molecule has 1 unspecified atom stereocenters. The lowest BCUT2D eigenvalue weighted by atomic mass is 9.45. The number of carbonyl (C=O) groups is 5. The van der Waals surface area contributed by atoms with Crippen molar-refractivity contribution in [3.8, 4) is 11.5 Å². The summed E-state index contributed by atoms with van der Waals surface area (Å²) < 4.78 is 39.6. The molecule has 14 nitrogen and oxygen atoms in total. The van der Waals surface area contributed by atoms with Gasteiger partial charge in [0.05, 0.1) is 13.2 Å². The van der Waals surface area contributed by atoms with Gasteiger partial charge in [-0.2, -0.15) is 0 Å². The molecule has 0 aromatic heterocycles. The monoisotopic (exact) mass is 755 g/mol. The van der Waals surface area contributed by atoms with Crippen molar-refractivity contribution in [2.24, 2.45) is 28.6 Å². The van der Waals surface area contributed by atoms with Crippen LogP contribution in [0.2, 0.25) is 0 Å². The Morgan fingerprint density at radius 1 is 1.11 bits per heavy atom. The number of rotatable bonds is 14. The number of aliphatic hydroxyl groups is 1. The molecular formula is C39H46FNO13. The number of hydrogen-bond acceptors (Lipinski definition) is 13. The molecular weight excluding hydrogens is 709 g/mol. The number of esters is 3. The van der Waals surface area contributed by atoms with Gasteiger partial charge in [0.1, 0.15) is 0 Å². The standard InChI is InChI=1S/C39H46FNO13/c1-6-7-8-34(46)54-39(32(44)21-51-33(45)14-10-24-9-13-29(30(18-24)50-5)53-35(47)22-52-41(48)49)23(2)17-28-27-12-11-25-19-26(42)15-16-36(25,3)38(27,40)31(43)20-37(28,39)4/h9-11,13-16,18,23,27-28,31,43H,6-8,12,17,19-22H2,1-5H3/t23-,27?,28-,31-,36-,37-,38-,39-/m0/s1. The summed E-state index contributed by atoms with van der Waals surface area (Å²) in [6, 6.07) is 4.22. The van der Waals surface area contributed by atoms with Gasteiger partial charge in [0.15, 0.2) is 41.8 Å². The summed E-state index contributed by atoms with van der Waals surface area (Å²) in [7, 11) is 1.30. The summed E-state index contributed by atoms with van der Waals surface area (Å²) >= 11 is 0. The van der Waals surface area contributed by atoms with Crippen molar-refractivity contribution in [1.29, 1.82) is 0 Å². The number of hydrogen-bond donors (Lipinski definition) is 1. The van der Waals surface area contributed by atoms with Crippen LogP contribution in [0.1, 0.15) is 78.2 Å². The smallest absolute Gasteiger partial charge is 0.337 e. The summed E-state index contributed by atoms with van der Waals surface area (Å²) in [5.74, 6) is -5.28. The van der Waals surface area contributed by atoms with Crippen molar-refractivity contribution in [2.45, 2.75) is 90.0 Å². The number of carbonyl (C=O) groups excluding carboxylic acids is 5. The van der Waals surface area contributed by atoms with Crippen molar-refractivity contribution in [3.63, 3.8) is 0 Å². The third-order valence-corrected chi connectivity index (χ3v) is 12.0. The summed E-state index contributed by atoms with van der Waals surface area (Å²) in [4.78, 5) is 79.2. The normalized spacial score (nSPS) is 32.4. The SMILES string of the molecule is CCCCC(=O)O[C@]1(C(=O)COC(=O)C=Cc2ccc(OC(=O)CO[N+](=O)[O-])c(OC)c2)[C@@H](C)C[C@H]2C3CC=C4CC(=O)C=C[C@]4(C)[C@@]3(F)[C@@H](O)C[C@@]21C. The number of methoxy groups -OCH3 is 1. The second kappa shape index (κ2) is 15.4.